The van der Waals surface area contributed by atoms with Crippen LogP contribution >= 0.6 is 0 Å². The van der Waals surface area contributed by atoms with E-state index in [4.69, 9.17) is 0 Å². The Balaban J connectivity index is 1.61. The highest BCUT2D eigenvalue weighted by Gasteiger charge is 2.35. The van der Waals surface area contributed by atoms with E-state index in [0.29, 0.717) is 18.6 Å². The second kappa shape index (κ2) is 6.49. The lowest BCUT2D eigenvalue weighted by atomic mass is 10.2. The van der Waals surface area contributed by atoms with E-state index < -0.39 is 10.0 Å². The summed E-state index contributed by atoms with van der Waals surface area (Å²) in [5, 5.41) is 3.33. The van der Waals surface area contributed by atoms with E-state index in [-0.39, 0.29) is 16.6 Å². The molecule has 0 bridgehead atoms. The average molecular weight is 379 g/mol. The first-order valence-electron chi connectivity index (χ1n) is 9.00. The van der Waals surface area contributed by atoms with Crippen LogP contribution in [0.25, 0.3) is 11.0 Å². The molecule has 1 aromatic heterocycles. The van der Waals surface area contributed by atoms with Crippen LogP contribution < -0.4 is 11.0 Å². The Kier molecular flexibility index (Phi) is 4.42. The summed E-state index contributed by atoms with van der Waals surface area (Å²) in [6.45, 7) is 4.94. The number of piperazine rings is 1. The Labute approximate surface area is 153 Å². The number of fused-ring (bicyclic) bond motifs is 1. The zero-order chi connectivity index (χ0) is 18.5. The highest BCUT2D eigenvalue weighted by molar-refractivity contribution is 7.89. The molecule has 142 valence electrons. The average Bonchev–Trinajstić information content (AvgIpc) is 3.24. The summed E-state index contributed by atoms with van der Waals surface area (Å²) in [7, 11) is -0.200. The van der Waals surface area contributed by atoms with Gasteiger partial charge in [0.15, 0.2) is 0 Å². The van der Waals surface area contributed by atoms with Gasteiger partial charge in [-0.25, -0.2) is 13.2 Å². The number of nitrogens with one attached hydrogen (secondary N) is 1. The zero-order valence-corrected chi connectivity index (χ0v) is 16.0. The molecular weight excluding hydrogens is 354 g/mol. The summed E-state index contributed by atoms with van der Waals surface area (Å²) in [5.74, 6) is 0. The largest absolute Gasteiger partial charge is 0.328 e. The molecule has 4 rings (SSSR count). The highest BCUT2D eigenvalue weighted by Crippen LogP contribution is 2.26. The Morgan fingerprint density at radius 1 is 1.04 bits per heavy atom. The minimum atomic E-state index is -3.56. The van der Waals surface area contributed by atoms with E-state index >= 15 is 0 Å². The number of aromatic nitrogens is 2. The molecule has 0 spiro atoms. The lowest BCUT2D eigenvalue weighted by Crippen LogP contribution is -2.49. The number of hydrogen-bond acceptors (Lipinski definition) is 5. The number of imidazole rings is 1. The molecule has 8 nitrogen and oxygen atoms in total. The zero-order valence-electron chi connectivity index (χ0n) is 15.2. The molecular formula is C17H25N5O3S. The molecule has 1 unspecified atom stereocenters. The molecule has 26 heavy (non-hydrogen) atoms. The van der Waals surface area contributed by atoms with Crippen molar-refractivity contribution in [1.29, 1.82) is 0 Å². The first-order valence-corrected chi connectivity index (χ1v) is 10.4. The topological polar surface area (TPSA) is 79.6 Å². The van der Waals surface area contributed by atoms with Gasteiger partial charge < -0.3 is 5.32 Å². The summed E-state index contributed by atoms with van der Waals surface area (Å²) in [4.78, 5) is 14.7. The fourth-order valence-electron chi connectivity index (χ4n) is 4.07. The molecule has 2 aliphatic heterocycles. The Hall–Kier alpha value is -1.68. The van der Waals surface area contributed by atoms with Gasteiger partial charge >= 0.3 is 5.69 Å². The van der Waals surface area contributed by atoms with Crippen molar-refractivity contribution in [2.45, 2.75) is 17.4 Å². The maximum atomic E-state index is 13.1. The molecule has 2 aliphatic rings. The third-order valence-electron chi connectivity index (χ3n) is 5.68. The summed E-state index contributed by atoms with van der Waals surface area (Å²) in [6, 6.07) is 5.23. The lowest BCUT2D eigenvalue weighted by Gasteiger charge is -2.32. The standard InChI is InChI=1S/C17H25N5O3S/c1-19-15-4-3-14(11-16(15)20(2)17(19)23)26(24,25)22-8-5-13(12-22)21-9-6-18-7-10-21/h3-4,11,13,18H,5-10,12H2,1-2H3. The second-order valence-electron chi connectivity index (χ2n) is 7.14. The van der Waals surface area contributed by atoms with E-state index in [9.17, 15) is 13.2 Å². The minimum absolute atomic E-state index is 0.158. The van der Waals surface area contributed by atoms with Crippen molar-refractivity contribution < 1.29 is 8.42 Å². The van der Waals surface area contributed by atoms with Crippen molar-refractivity contribution in [3.8, 4) is 0 Å². The predicted molar refractivity (Wildman–Crippen MR) is 99.8 cm³/mol. The number of sulfonamides is 1. The summed E-state index contributed by atoms with van der Waals surface area (Å²) in [5.41, 5.74) is 1.21. The van der Waals surface area contributed by atoms with Gasteiger partial charge in [-0.05, 0) is 24.6 Å². The molecule has 0 aliphatic carbocycles. The molecule has 3 heterocycles. The maximum Gasteiger partial charge on any atom is 0.328 e. The van der Waals surface area contributed by atoms with Gasteiger partial charge in [-0.15, -0.1) is 0 Å². The van der Waals surface area contributed by atoms with Gasteiger partial charge in [0.05, 0.1) is 15.9 Å². The van der Waals surface area contributed by atoms with Crippen LogP contribution in [0.2, 0.25) is 0 Å². The molecule has 0 amide bonds. The number of nitrogens with zero attached hydrogens (tertiary/aromatic N) is 4. The third-order valence-corrected chi connectivity index (χ3v) is 7.54. The van der Waals surface area contributed by atoms with Crippen LogP contribution in [-0.2, 0) is 24.1 Å². The lowest BCUT2D eigenvalue weighted by molar-refractivity contribution is 0.179. The van der Waals surface area contributed by atoms with E-state index in [2.05, 4.69) is 10.2 Å². The first-order chi connectivity index (χ1) is 12.4. The van der Waals surface area contributed by atoms with Crippen LogP contribution in [0.15, 0.2) is 27.9 Å². The Bertz CT molecular complexity index is 988. The fraction of sp³-hybridized carbons (Fsp3) is 0.588. The van der Waals surface area contributed by atoms with Crippen molar-refractivity contribution >= 4 is 21.1 Å². The molecule has 1 aromatic carbocycles. The molecule has 1 atom stereocenters. The van der Waals surface area contributed by atoms with Gasteiger partial charge in [-0.1, -0.05) is 0 Å². The Morgan fingerprint density at radius 3 is 2.46 bits per heavy atom. The summed E-state index contributed by atoms with van der Waals surface area (Å²) >= 11 is 0. The van der Waals surface area contributed by atoms with Crippen LogP contribution in [-0.4, -0.2) is 72.1 Å². The van der Waals surface area contributed by atoms with Crippen molar-refractivity contribution in [2.24, 2.45) is 14.1 Å². The molecule has 2 saturated heterocycles. The fourth-order valence-corrected chi connectivity index (χ4v) is 5.58. The van der Waals surface area contributed by atoms with Crippen LogP contribution in [0.5, 0.6) is 0 Å². The van der Waals surface area contributed by atoms with Gasteiger partial charge in [-0.2, -0.15) is 4.31 Å². The van der Waals surface area contributed by atoms with Crippen LogP contribution in [0.3, 0.4) is 0 Å². The quantitative estimate of drug-likeness (QED) is 0.781. The summed E-state index contributed by atoms with van der Waals surface area (Å²) in [6.07, 6.45) is 0.866. The van der Waals surface area contributed by atoms with Crippen LogP contribution in [0, 0.1) is 0 Å². The van der Waals surface area contributed by atoms with E-state index in [1.165, 1.54) is 9.13 Å². The van der Waals surface area contributed by atoms with Gasteiger partial charge in [0, 0.05) is 59.4 Å². The number of rotatable bonds is 3. The third kappa shape index (κ3) is 2.79. The monoisotopic (exact) mass is 379 g/mol. The van der Waals surface area contributed by atoms with Crippen LogP contribution in [0.1, 0.15) is 6.42 Å². The van der Waals surface area contributed by atoms with E-state index in [1.807, 2.05) is 0 Å². The minimum Gasteiger partial charge on any atom is -0.314 e. The number of aryl methyl sites for hydroxylation is 2. The smallest absolute Gasteiger partial charge is 0.314 e. The van der Waals surface area contributed by atoms with Crippen molar-refractivity contribution in [3.05, 3.63) is 28.7 Å². The van der Waals surface area contributed by atoms with E-state index in [1.54, 1.807) is 36.6 Å². The van der Waals surface area contributed by atoms with Gasteiger partial charge in [0.1, 0.15) is 0 Å². The number of hydrogen-bond donors (Lipinski definition) is 1. The Morgan fingerprint density at radius 2 is 1.73 bits per heavy atom. The normalized spacial score (nSPS) is 23.1. The predicted octanol–water partition coefficient (Wildman–Crippen LogP) is -0.455. The van der Waals surface area contributed by atoms with Crippen molar-refractivity contribution in [1.82, 2.24) is 23.7 Å². The first kappa shape index (κ1) is 17.7. The molecule has 0 radical (unpaired) electrons. The molecule has 2 fully saturated rings. The van der Waals surface area contributed by atoms with Gasteiger partial charge in [-0.3, -0.25) is 14.0 Å². The SMILES string of the molecule is Cn1c(=O)n(C)c2cc(S(=O)(=O)N3CCC(N4CCNCC4)C3)ccc21. The maximum absolute atomic E-state index is 13.1. The van der Waals surface area contributed by atoms with Crippen molar-refractivity contribution in [3.63, 3.8) is 0 Å². The van der Waals surface area contributed by atoms with E-state index in [0.717, 1.165) is 38.1 Å². The second-order valence-corrected chi connectivity index (χ2v) is 9.08. The summed E-state index contributed by atoms with van der Waals surface area (Å²) < 4.78 is 30.8. The molecule has 2 aromatic rings. The van der Waals surface area contributed by atoms with Crippen molar-refractivity contribution in [2.75, 3.05) is 39.3 Å². The molecule has 9 heteroatoms. The van der Waals surface area contributed by atoms with Crippen LogP contribution in [0.4, 0.5) is 0 Å². The number of benzene rings is 1. The van der Waals surface area contributed by atoms with Gasteiger partial charge in [0.25, 0.3) is 0 Å². The molecule has 1 N–H and O–H groups in total. The highest BCUT2D eigenvalue weighted by atomic mass is 32.2. The molecule has 0 saturated carbocycles. The van der Waals surface area contributed by atoms with Gasteiger partial charge in [0.2, 0.25) is 10.0 Å².